The third kappa shape index (κ3) is 4.11. The molecule has 0 radical (unpaired) electrons. The van der Waals surface area contributed by atoms with Crippen LogP contribution in [0.5, 0.6) is 5.75 Å². The van der Waals surface area contributed by atoms with Crippen LogP contribution in [0, 0.1) is 5.82 Å². The average Bonchev–Trinajstić information content (AvgIpc) is 2.79. The fraction of sp³-hybridized carbons (Fsp3) is 0.261. The SMILES string of the molecule is COc1ccccc1C(=O)N1CCC[C@@H](c2ccnc(-c3ccc(F)cc3)n2)C1. The Balaban J connectivity index is 1.55. The predicted molar refractivity (Wildman–Crippen MR) is 108 cm³/mol. The third-order valence-corrected chi connectivity index (χ3v) is 5.24. The smallest absolute Gasteiger partial charge is 0.257 e. The Morgan fingerprint density at radius 2 is 1.93 bits per heavy atom. The molecule has 1 atom stereocenters. The predicted octanol–water partition coefficient (Wildman–Crippen LogP) is 4.31. The van der Waals surface area contributed by atoms with Crippen molar-refractivity contribution in [3.05, 3.63) is 77.9 Å². The van der Waals surface area contributed by atoms with Gasteiger partial charge in [0.1, 0.15) is 11.6 Å². The number of ether oxygens (including phenoxy) is 1. The summed E-state index contributed by atoms with van der Waals surface area (Å²) in [5.74, 6) is 0.961. The van der Waals surface area contributed by atoms with Crippen molar-refractivity contribution in [1.82, 2.24) is 14.9 Å². The van der Waals surface area contributed by atoms with Gasteiger partial charge in [0.2, 0.25) is 0 Å². The monoisotopic (exact) mass is 391 g/mol. The molecular formula is C23H22FN3O2. The van der Waals surface area contributed by atoms with Crippen LogP contribution >= 0.6 is 0 Å². The van der Waals surface area contributed by atoms with E-state index in [1.54, 1.807) is 37.6 Å². The molecule has 1 saturated heterocycles. The number of halogens is 1. The van der Waals surface area contributed by atoms with Crippen LogP contribution in [-0.4, -0.2) is 41.0 Å². The van der Waals surface area contributed by atoms with E-state index >= 15 is 0 Å². The second kappa shape index (κ2) is 8.39. The number of carbonyl (C=O) groups excluding carboxylic acids is 1. The number of methoxy groups -OCH3 is 1. The standard InChI is InChI=1S/C23H22FN3O2/c1-29-21-7-3-2-6-19(21)23(28)27-14-4-5-17(15-27)20-12-13-25-22(26-20)16-8-10-18(24)11-9-16/h2-3,6-13,17H,4-5,14-15H2,1H3/t17-/m1/s1. The lowest BCUT2D eigenvalue weighted by molar-refractivity contribution is 0.0702. The molecule has 3 aromatic rings. The molecule has 5 nitrogen and oxygen atoms in total. The van der Waals surface area contributed by atoms with Gasteiger partial charge in [0, 0.05) is 36.5 Å². The molecule has 0 aliphatic carbocycles. The van der Waals surface area contributed by atoms with Crippen LogP contribution in [0.1, 0.15) is 34.8 Å². The number of benzene rings is 2. The fourth-order valence-electron chi connectivity index (χ4n) is 3.73. The van der Waals surface area contributed by atoms with Gasteiger partial charge >= 0.3 is 0 Å². The van der Waals surface area contributed by atoms with Gasteiger partial charge in [-0.15, -0.1) is 0 Å². The first kappa shape index (κ1) is 19.1. The van der Waals surface area contributed by atoms with Crippen molar-refractivity contribution in [2.24, 2.45) is 0 Å². The van der Waals surface area contributed by atoms with Crippen molar-refractivity contribution >= 4 is 5.91 Å². The summed E-state index contributed by atoms with van der Waals surface area (Å²) in [5.41, 5.74) is 2.24. The number of para-hydroxylation sites is 1. The average molecular weight is 391 g/mol. The number of hydrogen-bond acceptors (Lipinski definition) is 4. The summed E-state index contributed by atoms with van der Waals surface area (Å²) in [4.78, 5) is 23.9. The van der Waals surface area contributed by atoms with Crippen LogP contribution in [0.15, 0.2) is 60.8 Å². The zero-order valence-corrected chi connectivity index (χ0v) is 16.2. The van der Waals surface area contributed by atoms with E-state index in [1.165, 1.54) is 12.1 Å². The van der Waals surface area contributed by atoms with Crippen molar-refractivity contribution in [1.29, 1.82) is 0 Å². The van der Waals surface area contributed by atoms with Gasteiger partial charge in [-0.1, -0.05) is 12.1 Å². The molecule has 1 amide bonds. The summed E-state index contributed by atoms with van der Waals surface area (Å²) in [7, 11) is 1.57. The maximum atomic E-state index is 13.2. The minimum Gasteiger partial charge on any atom is -0.496 e. The molecule has 0 unspecified atom stereocenters. The summed E-state index contributed by atoms with van der Waals surface area (Å²) >= 11 is 0. The van der Waals surface area contributed by atoms with Gasteiger partial charge < -0.3 is 9.64 Å². The van der Waals surface area contributed by atoms with E-state index in [4.69, 9.17) is 9.72 Å². The van der Waals surface area contributed by atoms with E-state index < -0.39 is 0 Å². The molecule has 1 aliphatic rings. The lowest BCUT2D eigenvalue weighted by atomic mass is 9.94. The summed E-state index contributed by atoms with van der Waals surface area (Å²) in [6.45, 7) is 1.31. The van der Waals surface area contributed by atoms with Crippen molar-refractivity contribution < 1.29 is 13.9 Å². The van der Waals surface area contributed by atoms with E-state index in [-0.39, 0.29) is 17.6 Å². The molecule has 1 aromatic heterocycles. The molecule has 6 heteroatoms. The Labute approximate surface area is 169 Å². The highest BCUT2D eigenvalue weighted by atomic mass is 19.1. The van der Waals surface area contributed by atoms with Crippen LogP contribution in [0.25, 0.3) is 11.4 Å². The largest absolute Gasteiger partial charge is 0.496 e. The lowest BCUT2D eigenvalue weighted by Gasteiger charge is -2.33. The number of carbonyl (C=O) groups is 1. The van der Waals surface area contributed by atoms with E-state index in [0.29, 0.717) is 30.2 Å². The van der Waals surface area contributed by atoms with Gasteiger partial charge in [-0.3, -0.25) is 4.79 Å². The Kier molecular flexibility index (Phi) is 5.51. The number of nitrogens with zero attached hydrogens (tertiary/aromatic N) is 3. The topological polar surface area (TPSA) is 55.3 Å². The Morgan fingerprint density at radius 1 is 1.14 bits per heavy atom. The maximum absolute atomic E-state index is 13.2. The summed E-state index contributed by atoms with van der Waals surface area (Å²) in [6, 6.07) is 15.3. The normalized spacial score (nSPS) is 16.5. The molecule has 0 bridgehead atoms. The highest BCUT2D eigenvalue weighted by Crippen LogP contribution is 2.29. The van der Waals surface area contributed by atoms with Gasteiger partial charge in [-0.2, -0.15) is 0 Å². The molecule has 2 heterocycles. The molecule has 1 fully saturated rings. The number of amides is 1. The van der Waals surface area contributed by atoms with Crippen LogP contribution in [0.2, 0.25) is 0 Å². The number of piperidine rings is 1. The van der Waals surface area contributed by atoms with E-state index in [2.05, 4.69) is 4.98 Å². The number of hydrogen-bond donors (Lipinski definition) is 0. The second-order valence-electron chi connectivity index (χ2n) is 7.10. The van der Waals surface area contributed by atoms with E-state index in [9.17, 15) is 9.18 Å². The zero-order chi connectivity index (χ0) is 20.2. The summed E-state index contributed by atoms with van der Waals surface area (Å²) < 4.78 is 18.5. The highest BCUT2D eigenvalue weighted by molar-refractivity contribution is 5.97. The molecule has 4 rings (SSSR count). The quantitative estimate of drug-likeness (QED) is 0.665. The molecule has 0 N–H and O–H groups in total. The lowest BCUT2D eigenvalue weighted by Crippen LogP contribution is -2.39. The van der Waals surface area contributed by atoms with Gasteiger partial charge in [-0.25, -0.2) is 14.4 Å². The Hall–Kier alpha value is -3.28. The van der Waals surface area contributed by atoms with Gasteiger partial charge in [0.05, 0.1) is 12.7 Å². The van der Waals surface area contributed by atoms with Gasteiger partial charge in [0.15, 0.2) is 5.82 Å². The number of likely N-dealkylation sites (tertiary alicyclic amines) is 1. The van der Waals surface area contributed by atoms with Crippen molar-refractivity contribution in [3.8, 4) is 17.1 Å². The van der Waals surface area contributed by atoms with Gasteiger partial charge in [-0.05, 0) is 55.3 Å². The van der Waals surface area contributed by atoms with Crippen LogP contribution in [0.3, 0.4) is 0 Å². The summed E-state index contributed by atoms with van der Waals surface area (Å²) in [6.07, 6.45) is 3.58. The Bertz CT molecular complexity index is 1010. The Morgan fingerprint density at radius 3 is 2.72 bits per heavy atom. The van der Waals surface area contributed by atoms with Crippen molar-refractivity contribution in [2.75, 3.05) is 20.2 Å². The van der Waals surface area contributed by atoms with Crippen LogP contribution in [-0.2, 0) is 0 Å². The first-order chi connectivity index (χ1) is 14.2. The van der Waals surface area contributed by atoms with Crippen molar-refractivity contribution in [3.63, 3.8) is 0 Å². The van der Waals surface area contributed by atoms with Crippen LogP contribution in [0.4, 0.5) is 4.39 Å². The number of rotatable bonds is 4. The zero-order valence-electron chi connectivity index (χ0n) is 16.2. The first-order valence-corrected chi connectivity index (χ1v) is 9.67. The summed E-state index contributed by atoms with van der Waals surface area (Å²) in [5, 5.41) is 0. The number of aromatic nitrogens is 2. The molecule has 148 valence electrons. The first-order valence-electron chi connectivity index (χ1n) is 9.67. The van der Waals surface area contributed by atoms with E-state index in [0.717, 1.165) is 24.1 Å². The maximum Gasteiger partial charge on any atom is 0.257 e. The van der Waals surface area contributed by atoms with Gasteiger partial charge in [0.25, 0.3) is 5.91 Å². The minimum absolute atomic E-state index is 0.0278. The second-order valence-corrected chi connectivity index (χ2v) is 7.10. The molecular weight excluding hydrogens is 369 g/mol. The fourth-order valence-corrected chi connectivity index (χ4v) is 3.73. The molecule has 0 saturated carbocycles. The molecule has 1 aliphatic heterocycles. The molecule has 29 heavy (non-hydrogen) atoms. The third-order valence-electron chi connectivity index (χ3n) is 5.24. The highest BCUT2D eigenvalue weighted by Gasteiger charge is 2.28. The minimum atomic E-state index is -0.289. The molecule has 0 spiro atoms. The molecule has 2 aromatic carbocycles. The van der Waals surface area contributed by atoms with Crippen LogP contribution < -0.4 is 4.74 Å². The van der Waals surface area contributed by atoms with E-state index in [1.807, 2.05) is 23.1 Å². The van der Waals surface area contributed by atoms with Crippen molar-refractivity contribution in [2.45, 2.75) is 18.8 Å².